The third-order valence-electron chi connectivity index (χ3n) is 3.94. The molecule has 5 nitrogen and oxygen atoms in total. The Morgan fingerprint density at radius 1 is 1.23 bits per heavy atom. The molecule has 1 fully saturated rings. The zero-order chi connectivity index (χ0) is 15.4. The summed E-state index contributed by atoms with van der Waals surface area (Å²) < 4.78 is 9.98. The minimum Gasteiger partial charge on any atom is -0.463 e. The fourth-order valence-corrected chi connectivity index (χ4v) is 3.45. The number of carbonyl (C=O) groups is 1. The molecule has 0 atom stereocenters. The highest BCUT2D eigenvalue weighted by atomic mass is 32.1. The summed E-state index contributed by atoms with van der Waals surface area (Å²) in [6.45, 7) is 5.85. The summed E-state index contributed by atoms with van der Waals surface area (Å²) in [5.74, 6) is -0.0835. The molecule has 6 heteroatoms. The summed E-state index contributed by atoms with van der Waals surface area (Å²) in [4.78, 5) is 17.9. The normalized spacial score (nSPS) is 16.8. The lowest BCUT2D eigenvalue weighted by Gasteiger charge is -2.34. The molecule has 1 aliphatic rings. The summed E-state index contributed by atoms with van der Waals surface area (Å²) in [6, 6.07) is 6.14. The number of methoxy groups -OCH3 is 1. The van der Waals surface area contributed by atoms with Gasteiger partial charge in [-0.15, -0.1) is 11.3 Å². The third kappa shape index (κ3) is 3.58. The molecule has 2 aromatic rings. The van der Waals surface area contributed by atoms with Crippen LogP contribution < -0.4 is 0 Å². The summed E-state index contributed by atoms with van der Waals surface area (Å²) in [5.41, 5.74) is 0.901. The molecule has 0 unspecified atom stereocenters. The molecule has 22 heavy (non-hydrogen) atoms. The zero-order valence-electron chi connectivity index (χ0n) is 12.7. The van der Waals surface area contributed by atoms with E-state index in [-0.39, 0.29) is 0 Å². The van der Waals surface area contributed by atoms with Crippen molar-refractivity contribution in [3.63, 3.8) is 0 Å². The number of thiophene rings is 1. The average Bonchev–Trinajstić information content (AvgIpc) is 3.20. The second-order valence-electron chi connectivity index (χ2n) is 5.40. The second kappa shape index (κ2) is 7.09. The Bertz CT molecular complexity index is 601. The van der Waals surface area contributed by atoms with Crippen molar-refractivity contribution in [2.75, 3.05) is 33.3 Å². The zero-order valence-corrected chi connectivity index (χ0v) is 13.5. The quantitative estimate of drug-likeness (QED) is 0.792. The van der Waals surface area contributed by atoms with Gasteiger partial charge in [-0.2, -0.15) is 0 Å². The van der Waals surface area contributed by atoms with E-state index < -0.39 is 5.97 Å². The Labute approximate surface area is 134 Å². The van der Waals surface area contributed by atoms with Crippen LogP contribution in [0.5, 0.6) is 0 Å². The molecule has 1 aliphatic heterocycles. The SMILES string of the molecule is COC(=O)c1occc1CN1CCN(Cc2cccs2)CC1. The molecule has 0 radical (unpaired) electrons. The van der Waals surface area contributed by atoms with E-state index in [1.807, 2.05) is 17.4 Å². The Morgan fingerprint density at radius 3 is 2.59 bits per heavy atom. The van der Waals surface area contributed by atoms with Gasteiger partial charge in [0.05, 0.1) is 13.4 Å². The van der Waals surface area contributed by atoms with Gasteiger partial charge in [-0.3, -0.25) is 9.80 Å². The minimum atomic E-state index is -0.406. The fourth-order valence-electron chi connectivity index (χ4n) is 2.70. The first-order valence-electron chi connectivity index (χ1n) is 7.38. The van der Waals surface area contributed by atoms with Crippen LogP contribution in [0.2, 0.25) is 0 Å². The number of piperazine rings is 1. The predicted molar refractivity (Wildman–Crippen MR) is 84.9 cm³/mol. The molecule has 3 rings (SSSR count). The summed E-state index contributed by atoms with van der Waals surface area (Å²) in [6.07, 6.45) is 1.55. The van der Waals surface area contributed by atoms with E-state index in [0.29, 0.717) is 5.76 Å². The van der Waals surface area contributed by atoms with Crippen molar-refractivity contribution >= 4 is 17.3 Å². The standard InChI is InChI=1S/C16H20N2O3S/c1-20-16(19)15-13(4-9-21-15)11-17-5-7-18(8-6-17)12-14-3-2-10-22-14/h2-4,9-10H,5-8,11-12H2,1H3. The van der Waals surface area contributed by atoms with Crippen LogP contribution in [0.25, 0.3) is 0 Å². The molecular formula is C16H20N2O3S. The molecule has 118 valence electrons. The highest BCUT2D eigenvalue weighted by molar-refractivity contribution is 7.09. The van der Waals surface area contributed by atoms with Gasteiger partial charge >= 0.3 is 5.97 Å². The fraction of sp³-hybridized carbons (Fsp3) is 0.438. The first kappa shape index (κ1) is 15.3. The summed E-state index contributed by atoms with van der Waals surface area (Å²) in [5, 5.41) is 2.12. The van der Waals surface area contributed by atoms with E-state index in [4.69, 9.17) is 9.15 Å². The van der Waals surface area contributed by atoms with Gasteiger partial charge in [-0.1, -0.05) is 6.07 Å². The van der Waals surface area contributed by atoms with Gasteiger partial charge in [0, 0.05) is 49.7 Å². The van der Waals surface area contributed by atoms with Crippen molar-refractivity contribution in [2.24, 2.45) is 0 Å². The van der Waals surface area contributed by atoms with Crippen molar-refractivity contribution in [1.29, 1.82) is 0 Å². The Kier molecular flexibility index (Phi) is 4.92. The molecule has 3 heterocycles. The van der Waals surface area contributed by atoms with Crippen molar-refractivity contribution in [3.05, 3.63) is 46.0 Å². The van der Waals surface area contributed by atoms with Crippen LogP contribution in [-0.4, -0.2) is 49.1 Å². The van der Waals surface area contributed by atoms with E-state index in [1.54, 1.807) is 6.26 Å². The van der Waals surface area contributed by atoms with E-state index in [9.17, 15) is 4.79 Å². The Morgan fingerprint density at radius 2 is 1.95 bits per heavy atom. The molecule has 0 aliphatic carbocycles. The van der Waals surface area contributed by atoms with E-state index in [2.05, 4.69) is 27.3 Å². The van der Waals surface area contributed by atoms with E-state index >= 15 is 0 Å². The lowest BCUT2D eigenvalue weighted by Crippen LogP contribution is -2.45. The monoisotopic (exact) mass is 320 g/mol. The molecular weight excluding hydrogens is 300 g/mol. The number of hydrogen-bond acceptors (Lipinski definition) is 6. The highest BCUT2D eigenvalue weighted by Crippen LogP contribution is 2.17. The lowest BCUT2D eigenvalue weighted by atomic mass is 10.2. The summed E-state index contributed by atoms with van der Waals surface area (Å²) in [7, 11) is 1.37. The van der Waals surface area contributed by atoms with Gasteiger partial charge in [-0.25, -0.2) is 4.79 Å². The van der Waals surface area contributed by atoms with Gasteiger partial charge in [-0.05, 0) is 17.5 Å². The number of nitrogens with zero attached hydrogens (tertiary/aromatic N) is 2. The summed E-state index contributed by atoms with van der Waals surface area (Å²) >= 11 is 1.81. The van der Waals surface area contributed by atoms with Crippen LogP contribution in [0, 0.1) is 0 Å². The van der Waals surface area contributed by atoms with Crippen molar-refractivity contribution in [2.45, 2.75) is 13.1 Å². The minimum absolute atomic E-state index is 0.323. The van der Waals surface area contributed by atoms with Gasteiger partial charge in [0.15, 0.2) is 0 Å². The second-order valence-corrected chi connectivity index (χ2v) is 6.43. The molecule has 0 spiro atoms. The van der Waals surface area contributed by atoms with Crippen LogP contribution in [0.3, 0.4) is 0 Å². The number of carbonyl (C=O) groups excluding carboxylic acids is 1. The number of rotatable bonds is 5. The first-order chi connectivity index (χ1) is 10.8. The molecule has 0 N–H and O–H groups in total. The Balaban J connectivity index is 1.52. The number of esters is 1. The number of hydrogen-bond donors (Lipinski definition) is 0. The number of ether oxygens (including phenoxy) is 1. The molecule has 0 bridgehead atoms. The van der Waals surface area contributed by atoms with Crippen molar-refractivity contribution < 1.29 is 13.9 Å². The maximum absolute atomic E-state index is 11.6. The topological polar surface area (TPSA) is 45.9 Å². The van der Waals surface area contributed by atoms with Gasteiger partial charge in [0.2, 0.25) is 5.76 Å². The first-order valence-corrected chi connectivity index (χ1v) is 8.26. The average molecular weight is 320 g/mol. The van der Waals surface area contributed by atoms with Crippen LogP contribution in [-0.2, 0) is 17.8 Å². The van der Waals surface area contributed by atoms with E-state index in [1.165, 1.54) is 12.0 Å². The molecule has 0 aromatic carbocycles. The van der Waals surface area contributed by atoms with Gasteiger partial charge in [0.1, 0.15) is 0 Å². The maximum Gasteiger partial charge on any atom is 0.374 e. The predicted octanol–water partition coefficient (Wildman–Crippen LogP) is 2.45. The van der Waals surface area contributed by atoms with Crippen molar-refractivity contribution in [3.8, 4) is 0 Å². The van der Waals surface area contributed by atoms with Crippen LogP contribution >= 0.6 is 11.3 Å². The lowest BCUT2D eigenvalue weighted by molar-refractivity contribution is 0.0560. The van der Waals surface area contributed by atoms with Crippen LogP contribution in [0.4, 0.5) is 0 Å². The van der Waals surface area contributed by atoms with Gasteiger partial charge in [0.25, 0.3) is 0 Å². The van der Waals surface area contributed by atoms with Crippen molar-refractivity contribution in [1.82, 2.24) is 9.80 Å². The molecule has 0 amide bonds. The molecule has 0 saturated carbocycles. The van der Waals surface area contributed by atoms with E-state index in [0.717, 1.165) is 44.8 Å². The Hall–Kier alpha value is -1.63. The molecule has 2 aromatic heterocycles. The highest BCUT2D eigenvalue weighted by Gasteiger charge is 2.21. The maximum atomic E-state index is 11.6. The smallest absolute Gasteiger partial charge is 0.374 e. The number of furan rings is 1. The van der Waals surface area contributed by atoms with Crippen LogP contribution in [0.1, 0.15) is 21.0 Å². The third-order valence-corrected chi connectivity index (χ3v) is 4.80. The molecule has 1 saturated heterocycles. The largest absolute Gasteiger partial charge is 0.463 e. The van der Waals surface area contributed by atoms with Crippen LogP contribution in [0.15, 0.2) is 34.3 Å². The van der Waals surface area contributed by atoms with Gasteiger partial charge < -0.3 is 9.15 Å².